The molecule has 1 aliphatic heterocycles. The molecule has 1 unspecified atom stereocenters. The molecule has 0 radical (unpaired) electrons. The molecule has 1 aliphatic rings. The van der Waals surface area contributed by atoms with Gasteiger partial charge in [-0.1, -0.05) is 12.1 Å². The molecule has 0 bridgehead atoms. The third-order valence-corrected chi connectivity index (χ3v) is 3.22. The molecule has 1 aromatic rings. The lowest BCUT2D eigenvalue weighted by Gasteiger charge is -2.17. The van der Waals surface area contributed by atoms with Crippen LogP contribution < -0.4 is 10.1 Å². The first-order valence-corrected chi connectivity index (χ1v) is 5.86. The molecule has 1 N–H and O–H groups in total. The second-order valence-corrected chi connectivity index (χ2v) is 4.23. The third kappa shape index (κ3) is 2.42. The third-order valence-electron chi connectivity index (χ3n) is 3.22. The molecule has 0 spiro atoms. The summed E-state index contributed by atoms with van der Waals surface area (Å²) in [6.45, 7) is 1.58. The van der Waals surface area contributed by atoms with Crippen molar-refractivity contribution < 1.29 is 9.53 Å². The summed E-state index contributed by atoms with van der Waals surface area (Å²) >= 11 is 0. The van der Waals surface area contributed by atoms with Gasteiger partial charge in [-0.2, -0.15) is 0 Å². The number of nitrogens with zero attached hydrogens (tertiary/aromatic N) is 1. The number of carbonyl (C=O) groups is 1. The van der Waals surface area contributed by atoms with Crippen molar-refractivity contribution in [2.75, 3.05) is 27.2 Å². The monoisotopic (exact) mass is 234 g/mol. The number of carbonyl (C=O) groups excluding carboxylic acids is 1. The molecule has 1 heterocycles. The molecular weight excluding hydrogens is 216 g/mol. The van der Waals surface area contributed by atoms with Gasteiger partial charge < -0.3 is 15.0 Å². The summed E-state index contributed by atoms with van der Waals surface area (Å²) < 4.78 is 5.22. The summed E-state index contributed by atoms with van der Waals surface area (Å²) in [6, 6.07) is 7.78. The van der Waals surface area contributed by atoms with Crippen molar-refractivity contribution >= 4 is 5.91 Å². The zero-order chi connectivity index (χ0) is 12.3. The molecule has 4 nitrogen and oxygen atoms in total. The molecule has 4 heteroatoms. The first-order valence-electron chi connectivity index (χ1n) is 5.86. The number of para-hydroxylation sites is 1. The predicted octanol–water partition coefficient (Wildman–Crippen LogP) is 1.13. The van der Waals surface area contributed by atoms with Gasteiger partial charge in [0.1, 0.15) is 5.75 Å². The fraction of sp³-hybridized carbons (Fsp3) is 0.462. The van der Waals surface area contributed by atoms with Crippen LogP contribution >= 0.6 is 0 Å². The van der Waals surface area contributed by atoms with Gasteiger partial charge >= 0.3 is 0 Å². The fourth-order valence-corrected chi connectivity index (χ4v) is 2.17. The molecule has 1 fully saturated rings. The maximum atomic E-state index is 12.3. The Morgan fingerprint density at radius 3 is 2.88 bits per heavy atom. The van der Waals surface area contributed by atoms with Crippen molar-refractivity contribution in [3.8, 4) is 5.75 Å². The maximum Gasteiger partial charge on any atom is 0.257 e. The Morgan fingerprint density at radius 2 is 2.24 bits per heavy atom. The number of hydrogen-bond donors (Lipinski definition) is 1. The minimum Gasteiger partial charge on any atom is -0.496 e. The lowest BCUT2D eigenvalue weighted by atomic mass is 10.2. The van der Waals surface area contributed by atoms with Gasteiger partial charge in [-0.15, -0.1) is 0 Å². The van der Waals surface area contributed by atoms with Crippen molar-refractivity contribution in [3.63, 3.8) is 0 Å². The van der Waals surface area contributed by atoms with E-state index in [1.165, 1.54) is 0 Å². The number of nitrogens with one attached hydrogen (secondary N) is 1. The molecule has 1 amide bonds. The van der Waals surface area contributed by atoms with Crippen LogP contribution in [0.25, 0.3) is 0 Å². The molecule has 0 saturated carbocycles. The van der Waals surface area contributed by atoms with Crippen molar-refractivity contribution in [1.82, 2.24) is 10.2 Å². The molecule has 0 aromatic heterocycles. The largest absolute Gasteiger partial charge is 0.496 e. The highest BCUT2D eigenvalue weighted by Gasteiger charge is 2.27. The van der Waals surface area contributed by atoms with Crippen LogP contribution in [0.4, 0.5) is 0 Å². The summed E-state index contributed by atoms with van der Waals surface area (Å²) in [4.78, 5) is 14.2. The summed E-state index contributed by atoms with van der Waals surface area (Å²) in [7, 11) is 3.52. The highest BCUT2D eigenvalue weighted by Crippen LogP contribution is 2.21. The normalized spacial score (nSPS) is 19.4. The van der Waals surface area contributed by atoms with E-state index in [0.717, 1.165) is 19.5 Å². The van der Waals surface area contributed by atoms with E-state index in [2.05, 4.69) is 5.32 Å². The van der Waals surface area contributed by atoms with E-state index in [-0.39, 0.29) is 5.91 Å². The van der Waals surface area contributed by atoms with Gasteiger partial charge in [0.25, 0.3) is 5.91 Å². The van der Waals surface area contributed by atoms with Gasteiger partial charge in [-0.25, -0.2) is 0 Å². The first kappa shape index (κ1) is 11.9. The van der Waals surface area contributed by atoms with Crippen LogP contribution in [0.1, 0.15) is 16.8 Å². The maximum absolute atomic E-state index is 12.3. The fourth-order valence-electron chi connectivity index (χ4n) is 2.17. The molecule has 1 atom stereocenters. The van der Waals surface area contributed by atoms with Crippen LogP contribution in [0.15, 0.2) is 24.3 Å². The summed E-state index contributed by atoms with van der Waals surface area (Å²) in [6.07, 6.45) is 1.01. The second kappa shape index (κ2) is 5.19. The summed E-state index contributed by atoms with van der Waals surface area (Å²) in [5.74, 6) is 0.700. The highest BCUT2D eigenvalue weighted by atomic mass is 16.5. The van der Waals surface area contributed by atoms with E-state index >= 15 is 0 Å². The number of likely N-dealkylation sites (N-methyl/N-ethyl adjacent to an activating group) is 1. The number of methoxy groups -OCH3 is 1. The quantitative estimate of drug-likeness (QED) is 0.852. The average Bonchev–Trinajstić information content (AvgIpc) is 2.86. The van der Waals surface area contributed by atoms with E-state index in [0.29, 0.717) is 17.4 Å². The topological polar surface area (TPSA) is 41.6 Å². The lowest BCUT2D eigenvalue weighted by Crippen LogP contribution is -2.33. The Morgan fingerprint density at radius 1 is 1.47 bits per heavy atom. The van der Waals surface area contributed by atoms with Crippen molar-refractivity contribution in [1.29, 1.82) is 0 Å². The Kier molecular flexibility index (Phi) is 3.64. The molecule has 0 aliphatic carbocycles. The summed E-state index contributed by atoms with van der Waals surface area (Å²) in [5, 5.41) is 3.20. The minimum absolute atomic E-state index is 0.0557. The first-order chi connectivity index (χ1) is 8.26. The molecular formula is C13H18N2O2. The van der Waals surface area contributed by atoms with Gasteiger partial charge in [-0.3, -0.25) is 4.79 Å². The van der Waals surface area contributed by atoms with Gasteiger partial charge in [0.2, 0.25) is 0 Å². The van der Waals surface area contributed by atoms with E-state index in [4.69, 9.17) is 4.74 Å². The second-order valence-electron chi connectivity index (χ2n) is 4.23. The van der Waals surface area contributed by atoms with Crippen molar-refractivity contribution in [2.45, 2.75) is 12.5 Å². The Hall–Kier alpha value is -1.55. The summed E-state index contributed by atoms with van der Waals surface area (Å²) in [5.41, 5.74) is 0.645. The highest BCUT2D eigenvalue weighted by molar-refractivity contribution is 5.97. The zero-order valence-corrected chi connectivity index (χ0v) is 10.3. The van der Waals surface area contributed by atoms with E-state index < -0.39 is 0 Å². The Balaban J connectivity index is 2.15. The van der Waals surface area contributed by atoms with Crippen molar-refractivity contribution in [2.24, 2.45) is 0 Å². The number of amides is 1. The van der Waals surface area contributed by atoms with Crippen molar-refractivity contribution in [3.05, 3.63) is 29.8 Å². The minimum atomic E-state index is 0.0557. The number of ether oxygens (including phenoxy) is 1. The zero-order valence-electron chi connectivity index (χ0n) is 10.3. The Labute approximate surface area is 102 Å². The SMILES string of the molecule is CNC1CCN(C(=O)c2ccccc2OC)C1. The van der Waals surface area contributed by atoms with Crippen LogP contribution in [0.5, 0.6) is 5.75 Å². The standard InChI is InChI=1S/C13H18N2O2/c1-14-10-7-8-15(9-10)13(16)11-5-3-4-6-12(11)17-2/h3-6,10,14H,7-9H2,1-2H3. The predicted molar refractivity (Wildman–Crippen MR) is 66.4 cm³/mol. The molecule has 92 valence electrons. The molecule has 17 heavy (non-hydrogen) atoms. The van der Waals surface area contributed by atoms with Crippen LogP contribution in [0.2, 0.25) is 0 Å². The van der Waals surface area contributed by atoms with Crippen LogP contribution in [-0.2, 0) is 0 Å². The van der Waals surface area contributed by atoms with E-state index in [1.54, 1.807) is 7.11 Å². The number of benzene rings is 1. The molecule has 2 rings (SSSR count). The van der Waals surface area contributed by atoms with Crippen LogP contribution in [-0.4, -0.2) is 44.1 Å². The van der Waals surface area contributed by atoms with Gasteiger partial charge in [0.15, 0.2) is 0 Å². The van der Waals surface area contributed by atoms with Crippen LogP contribution in [0.3, 0.4) is 0 Å². The number of rotatable bonds is 3. The van der Waals surface area contributed by atoms with Gasteiger partial charge in [-0.05, 0) is 25.6 Å². The molecule has 1 aromatic carbocycles. The number of hydrogen-bond acceptors (Lipinski definition) is 3. The molecule has 1 saturated heterocycles. The van der Waals surface area contributed by atoms with Gasteiger partial charge in [0.05, 0.1) is 12.7 Å². The smallest absolute Gasteiger partial charge is 0.257 e. The number of likely N-dealkylation sites (tertiary alicyclic amines) is 1. The lowest BCUT2D eigenvalue weighted by molar-refractivity contribution is 0.0786. The van der Waals surface area contributed by atoms with Crippen LogP contribution in [0, 0.1) is 0 Å². The Bertz CT molecular complexity index is 406. The van der Waals surface area contributed by atoms with E-state index in [1.807, 2.05) is 36.2 Å². The van der Waals surface area contributed by atoms with Gasteiger partial charge in [0, 0.05) is 19.1 Å². The van der Waals surface area contributed by atoms with E-state index in [9.17, 15) is 4.79 Å². The average molecular weight is 234 g/mol.